The SMILES string of the molecule is Cc1ccccc1C1CCCC([Se]c2ccccc2)C(=O)N1C(=O)OC(C)(C)C. The Hall–Kier alpha value is -2.10. The molecule has 2 aromatic carbocycles. The number of ether oxygens (including phenoxy) is 1. The number of hydrogen-bond acceptors (Lipinski definition) is 3. The first-order valence-corrected chi connectivity index (χ1v) is 11.9. The standard InChI is InChI=1S/C24H29NO3Se/c1-17-11-8-9-14-19(17)20-15-10-16-21(29-18-12-6-5-7-13-18)22(26)25(20)23(27)28-24(2,3)4/h5-9,11-14,20-21H,10,15-16H2,1-4H3. The van der Waals surface area contributed by atoms with E-state index in [4.69, 9.17) is 4.74 Å². The molecule has 1 aliphatic rings. The summed E-state index contributed by atoms with van der Waals surface area (Å²) in [6.07, 6.45) is 1.93. The molecule has 3 rings (SSSR count). The van der Waals surface area contributed by atoms with E-state index in [2.05, 4.69) is 12.1 Å². The van der Waals surface area contributed by atoms with Crippen LogP contribution in [-0.2, 0) is 9.53 Å². The van der Waals surface area contributed by atoms with Crippen LogP contribution in [0.1, 0.15) is 57.2 Å². The van der Waals surface area contributed by atoms with Crippen molar-refractivity contribution in [1.82, 2.24) is 4.90 Å². The van der Waals surface area contributed by atoms with Crippen molar-refractivity contribution in [3.63, 3.8) is 0 Å². The van der Waals surface area contributed by atoms with Gasteiger partial charge < -0.3 is 0 Å². The normalized spacial score (nSPS) is 20.3. The van der Waals surface area contributed by atoms with Crippen LogP contribution in [-0.4, -0.2) is 37.5 Å². The van der Waals surface area contributed by atoms with Crippen molar-refractivity contribution < 1.29 is 14.3 Å². The Morgan fingerprint density at radius 3 is 2.34 bits per heavy atom. The first kappa shape index (κ1) is 21.6. The summed E-state index contributed by atoms with van der Waals surface area (Å²) >= 11 is -0.0285. The summed E-state index contributed by atoms with van der Waals surface area (Å²) < 4.78 is 6.84. The number of benzene rings is 2. The maximum atomic E-state index is 13.6. The van der Waals surface area contributed by atoms with Crippen LogP contribution in [0.5, 0.6) is 0 Å². The summed E-state index contributed by atoms with van der Waals surface area (Å²) in [5.41, 5.74) is 1.46. The molecule has 4 nitrogen and oxygen atoms in total. The second-order valence-corrected chi connectivity index (χ2v) is 11.1. The number of aryl methyl sites for hydroxylation is 1. The van der Waals surface area contributed by atoms with E-state index in [1.54, 1.807) is 0 Å². The van der Waals surface area contributed by atoms with Crippen LogP contribution in [0, 0.1) is 6.92 Å². The van der Waals surface area contributed by atoms with Gasteiger partial charge >= 0.3 is 180 Å². The van der Waals surface area contributed by atoms with E-state index in [9.17, 15) is 9.59 Å². The van der Waals surface area contributed by atoms with E-state index in [-0.39, 0.29) is 31.7 Å². The van der Waals surface area contributed by atoms with Crippen molar-refractivity contribution in [3.05, 3.63) is 65.7 Å². The van der Waals surface area contributed by atoms with Crippen LogP contribution in [0.25, 0.3) is 0 Å². The average Bonchev–Trinajstić information content (AvgIpc) is 2.81. The van der Waals surface area contributed by atoms with Crippen LogP contribution >= 0.6 is 0 Å². The van der Waals surface area contributed by atoms with Gasteiger partial charge in [0.25, 0.3) is 0 Å². The predicted molar refractivity (Wildman–Crippen MR) is 116 cm³/mol. The number of nitrogens with zero attached hydrogens (tertiary/aromatic N) is 1. The molecule has 0 N–H and O–H groups in total. The van der Waals surface area contributed by atoms with E-state index >= 15 is 0 Å². The van der Waals surface area contributed by atoms with Crippen LogP contribution in [0.15, 0.2) is 54.6 Å². The number of likely N-dealkylation sites (tertiary alicyclic amines) is 1. The second kappa shape index (κ2) is 9.15. The number of rotatable bonds is 3. The molecule has 0 saturated carbocycles. The fourth-order valence-corrected chi connectivity index (χ4v) is 6.01. The van der Waals surface area contributed by atoms with Gasteiger partial charge in [0.2, 0.25) is 0 Å². The molecule has 154 valence electrons. The number of imide groups is 1. The Kier molecular flexibility index (Phi) is 6.81. The minimum absolute atomic E-state index is 0.0285. The molecular weight excluding hydrogens is 429 g/mol. The van der Waals surface area contributed by atoms with E-state index in [1.165, 1.54) is 9.36 Å². The molecule has 0 aromatic heterocycles. The molecule has 0 spiro atoms. The second-order valence-electron chi connectivity index (χ2n) is 8.41. The van der Waals surface area contributed by atoms with Crippen LogP contribution in [0.3, 0.4) is 0 Å². The topological polar surface area (TPSA) is 46.6 Å². The van der Waals surface area contributed by atoms with Gasteiger partial charge in [-0.2, -0.15) is 0 Å². The van der Waals surface area contributed by atoms with Crippen LogP contribution < -0.4 is 4.46 Å². The molecule has 2 amide bonds. The summed E-state index contributed by atoms with van der Waals surface area (Å²) in [6.45, 7) is 7.54. The molecule has 1 aliphatic heterocycles. The maximum absolute atomic E-state index is 13.6. The molecule has 2 atom stereocenters. The number of hydrogen-bond donors (Lipinski definition) is 0. The summed E-state index contributed by atoms with van der Waals surface area (Å²) in [5, 5.41) is 0. The van der Waals surface area contributed by atoms with Gasteiger partial charge in [0, 0.05) is 0 Å². The predicted octanol–water partition coefficient (Wildman–Crippen LogP) is 4.80. The van der Waals surface area contributed by atoms with Gasteiger partial charge in [-0.25, -0.2) is 0 Å². The quantitative estimate of drug-likeness (QED) is 0.621. The summed E-state index contributed by atoms with van der Waals surface area (Å²) in [7, 11) is 0. The molecule has 1 saturated heterocycles. The summed E-state index contributed by atoms with van der Waals surface area (Å²) in [4.78, 5) is 28.0. The summed E-state index contributed by atoms with van der Waals surface area (Å²) in [5.74, 6) is -0.103. The molecule has 2 aromatic rings. The Labute approximate surface area is 179 Å². The molecule has 29 heavy (non-hydrogen) atoms. The first-order chi connectivity index (χ1) is 13.8. The average molecular weight is 458 g/mol. The van der Waals surface area contributed by atoms with E-state index in [0.29, 0.717) is 0 Å². The molecular formula is C24H29NO3Se. The van der Waals surface area contributed by atoms with Crippen molar-refractivity contribution in [2.75, 3.05) is 0 Å². The van der Waals surface area contributed by atoms with Crippen molar-refractivity contribution in [3.8, 4) is 0 Å². The van der Waals surface area contributed by atoms with Crippen molar-refractivity contribution in [2.24, 2.45) is 0 Å². The Morgan fingerprint density at radius 1 is 1.03 bits per heavy atom. The Balaban J connectivity index is 1.95. The van der Waals surface area contributed by atoms with Gasteiger partial charge in [-0.15, -0.1) is 0 Å². The van der Waals surface area contributed by atoms with E-state index in [1.807, 2.05) is 70.2 Å². The molecule has 0 bridgehead atoms. The number of amides is 2. The van der Waals surface area contributed by atoms with E-state index < -0.39 is 11.7 Å². The molecule has 0 aliphatic carbocycles. The molecule has 0 radical (unpaired) electrons. The third-order valence-corrected chi connectivity index (χ3v) is 7.58. The third kappa shape index (κ3) is 5.49. The summed E-state index contributed by atoms with van der Waals surface area (Å²) in [6, 6.07) is 17.8. The van der Waals surface area contributed by atoms with Crippen molar-refractivity contribution in [1.29, 1.82) is 0 Å². The zero-order valence-electron chi connectivity index (χ0n) is 17.6. The molecule has 2 unspecified atom stereocenters. The third-order valence-electron chi connectivity index (χ3n) is 4.93. The number of carbonyl (C=O) groups excluding carboxylic acids is 2. The van der Waals surface area contributed by atoms with Gasteiger partial charge in [0.15, 0.2) is 0 Å². The van der Waals surface area contributed by atoms with Crippen LogP contribution in [0.4, 0.5) is 4.79 Å². The van der Waals surface area contributed by atoms with Gasteiger partial charge in [0.05, 0.1) is 0 Å². The fourth-order valence-electron chi connectivity index (χ4n) is 3.61. The Bertz CT molecular complexity index is 860. The molecule has 1 heterocycles. The van der Waals surface area contributed by atoms with E-state index in [0.717, 1.165) is 30.4 Å². The fraction of sp³-hybridized carbons (Fsp3) is 0.417. The van der Waals surface area contributed by atoms with Crippen molar-refractivity contribution >= 4 is 31.4 Å². The van der Waals surface area contributed by atoms with Crippen molar-refractivity contribution in [2.45, 2.75) is 63.4 Å². The zero-order valence-corrected chi connectivity index (χ0v) is 19.3. The molecule has 5 heteroatoms. The first-order valence-electron chi connectivity index (χ1n) is 10.1. The Morgan fingerprint density at radius 2 is 1.69 bits per heavy atom. The monoisotopic (exact) mass is 459 g/mol. The number of carbonyl (C=O) groups is 2. The minimum atomic E-state index is -0.653. The zero-order chi connectivity index (χ0) is 21.0. The van der Waals surface area contributed by atoms with Crippen LogP contribution in [0.2, 0.25) is 4.82 Å². The van der Waals surface area contributed by atoms with Gasteiger partial charge in [-0.1, -0.05) is 0 Å². The molecule has 1 fully saturated rings. The van der Waals surface area contributed by atoms with Gasteiger partial charge in [-0.05, 0) is 0 Å². The van der Waals surface area contributed by atoms with Gasteiger partial charge in [0.1, 0.15) is 0 Å². The van der Waals surface area contributed by atoms with Gasteiger partial charge in [-0.3, -0.25) is 0 Å².